The third kappa shape index (κ3) is 4.19. The zero-order chi connectivity index (χ0) is 22.0. The molecule has 0 unspecified atom stereocenters. The van der Waals surface area contributed by atoms with Crippen LogP contribution in [0, 0.1) is 0 Å². The maximum Gasteiger partial charge on any atom is 0.416 e. The van der Waals surface area contributed by atoms with Crippen molar-refractivity contribution in [3.63, 3.8) is 0 Å². The van der Waals surface area contributed by atoms with Gasteiger partial charge in [-0.05, 0) is 29.8 Å². The second-order valence-corrected chi connectivity index (χ2v) is 7.29. The van der Waals surface area contributed by atoms with Gasteiger partial charge in [-0.25, -0.2) is 0 Å². The smallest absolute Gasteiger partial charge is 0.416 e. The molecule has 0 saturated heterocycles. The van der Waals surface area contributed by atoms with E-state index in [-0.39, 0.29) is 6.61 Å². The van der Waals surface area contributed by atoms with Crippen molar-refractivity contribution in [2.45, 2.75) is 12.8 Å². The van der Waals surface area contributed by atoms with E-state index >= 15 is 0 Å². The molecule has 4 aromatic rings. The molecule has 0 aliphatic heterocycles. The number of benzene rings is 3. The zero-order valence-electron chi connectivity index (χ0n) is 17.2. The second-order valence-electron chi connectivity index (χ2n) is 7.29. The van der Waals surface area contributed by atoms with Crippen LogP contribution in [0.4, 0.5) is 13.2 Å². The molecule has 31 heavy (non-hydrogen) atoms. The summed E-state index contributed by atoms with van der Waals surface area (Å²) in [6.07, 6.45) is -4.39. The van der Waals surface area contributed by atoms with Crippen molar-refractivity contribution in [3.8, 4) is 28.3 Å². The van der Waals surface area contributed by atoms with Crippen molar-refractivity contribution in [3.05, 3.63) is 96.1 Å². The normalized spacial score (nSPS) is 11.5. The number of nitrogens with zero attached hydrogens (tertiary/aromatic N) is 2. The third-order valence-electron chi connectivity index (χ3n) is 5.26. The van der Waals surface area contributed by atoms with Crippen molar-refractivity contribution in [2.75, 3.05) is 0 Å². The highest BCUT2D eigenvalue weighted by molar-refractivity contribution is 5.76. The van der Waals surface area contributed by atoms with Crippen molar-refractivity contribution >= 4 is 0 Å². The Hall–Kier alpha value is -3.54. The SMILES string of the molecule is Cn1c(-c2ccccc2)c(OCc2cccc(C(F)(F)F)c2)c(-c2ccccc2)[n+]1C. The van der Waals surface area contributed by atoms with Gasteiger partial charge in [-0.3, -0.25) is 0 Å². The van der Waals surface area contributed by atoms with E-state index in [4.69, 9.17) is 4.74 Å². The first-order valence-corrected chi connectivity index (χ1v) is 9.85. The lowest BCUT2D eigenvalue weighted by Gasteiger charge is -2.10. The largest absolute Gasteiger partial charge is 0.480 e. The molecule has 1 aromatic heterocycles. The van der Waals surface area contributed by atoms with E-state index in [2.05, 4.69) is 0 Å². The number of ether oxygens (including phenoxy) is 1. The average molecular weight is 423 g/mol. The number of alkyl halides is 3. The molecule has 0 bridgehead atoms. The van der Waals surface area contributed by atoms with Crippen molar-refractivity contribution in [2.24, 2.45) is 14.1 Å². The van der Waals surface area contributed by atoms with Crippen LogP contribution >= 0.6 is 0 Å². The van der Waals surface area contributed by atoms with Crippen LogP contribution in [0.15, 0.2) is 84.9 Å². The molecule has 4 rings (SSSR count). The number of halogens is 3. The monoisotopic (exact) mass is 423 g/mol. The molecule has 0 N–H and O–H groups in total. The van der Waals surface area contributed by atoms with Crippen LogP contribution in [-0.4, -0.2) is 4.68 Å². The summed E-state index contributed by atoms with van der Waals surface area (Å²) in [5.74, 6) is 0.625. The molecule has 0 aliphatic rings. The highest BCUT2D eigenvalue weighted by atomic mass is 19.4. The minimum absolute atomic E-state index is 0.0214. The van der Waals surface area contributed by atoms with Gasteiger partial charge in [0, 0.05) is 5.56 Å². The molecule has 3 nitrogen and oxygen atoms in total. The minimum Gasteiger partial charge on any atom is -0.480 e. The van der Waals surface area contributed by atoms with Gasteiger partial charge in [-0.2, -0.15) is 17.9 Å². The summed E-state index contributed by atoms with van der Waals surface area (Å²) in [5.41, 5.74) is 3.41. The summed E-state index contributed by atoms with van der Waals surface area (Å²) in [7, 11) is 3.87. The van der Waals surface area contributed by atoms with Gasteiger partial charge in [0.05, 0.1) is 18.2 Å². The molecule has 1 heterocycles. The molecule has 0 spiro atoms. The first kappa shape index (κ1) is 20.7. The van der Waals surface area contributed by atoms with Crippen LogP contribution < -0.4 is 9.42 Å². The Balaban J connectivity index is 1.80. The van der Waals surface area contributed by atoms with Gasteiger partial charge in [0.25, 0.3) is 5.69 Å². The van der Waals surface area contributed by atoms with E-state index in [0.717, 1.165) is 34.6 Å². The summed E-state index contributed by atoms with van der Waals surface area (Å²) in [5, 5.41) is 0. The number of aromatic nitrogens is 2. The average Bonchev–Trinajstić information content (AvgIpc) is 3.03. The molecular weight excluding hydrogens is 401 g/mol. The lowest BCUT2D eigenvalue weighted by molar-refractivity contribution is -0.740. The zero-order valence-corrected chi connectivity index (χ0v) is 17.2. The molecule has 0 fully saturated rings. The molecule has 0 amide bonds. The quantitative estimate of drug-likeness (QED) is 0.372. The Morgan fingerprint density at radius 3 is 2.06 bits per heavy atom. The Morgan fingerprint density at radius 1 is 0.839 bits per heavy atom. The third-order valence-corrected chi connectivity index (χ3v) is 5.26. The van der Waals surface area contributed by atoms with Gasteiger partial charge in [-0.15, -0.1) is 4.68 Å². The molecule has 3 aromatic carbocycles. The molecule has 0 saturated carbocycles. The Labute approximate surface area is 178 Å². The topological polar surface area (TPSA) is 18.0 Å². The predicted molar refractivity (Wildman–Crippen MR) is 113 cm³/mol. The van der Waals surface area contributed by atoms with E-state index in [0.29, 0.717) is 11.3 Å². The number of hydrogen-bond donors (Lipinski definition) is 0. The standard InChI is InChI=1S/C25H22F3N2O/c1-29-22(19-11-5-3-6-12-19)24(23(30(29)2)20-13-7-4-8-14-20)31-17-18-10-9-15-21(16-18)25(26,27)28/h3-16H,17H2,1-2H3/q+1. The van der Waals surface area contributed by atoms with Crippen LogP contribution in [0.5, 0.6) is 5.75 Å². The minimum atomic E-state index is -4.39. The van der Waals surface area contributed by atoms with Crippen LogP contribution in [0.1, 0.15) is 11.1 Å². The van der Waals surface area contributed by atoms with Gasteiger partial charge < -0.3 is 4.74 Å². The molecular formula is C25H22F3N2O+. The van der Waals surface area contributed by atoms with Gasteiger partial charge in [-0.1, -0.05) is 60.7 Å². The Kier molecular flexibility index (Phi) is 5.55. The maximum absolute atomic E-state index is 13.1. The summed E-state index contributed by atoms with van der Waals surface area (Å²) in [4.78, 5) is 0. The van der Waals surface area contributed by atoms with Gasteiger partial charge in [0.15, 0.2) is 12.7 Å². The van der Waals surface area contributed by atoms with E-state index in [9.17, 15) is 13.2 Å². The lowest BCUT2D eigenvalue weighted by atomic mass is 10.1. The first-order valence-electron chi connectivity index (χ1n) is 9.85. The predicted octanol–water partition coefficient (Wildman–Crippen LogP) is 5.78. The fourth-order valence-corrected chi connectivity index (χ4v) is 3.66. The summed E-state index contributed by atoms with van der Waals surface area (Å²) in [6, 6.07) is 24.9. The lowest BCUT2D eigenvalue weighted by Crippen LogP contribution is -2.39. The van der Waals surface area contributed by atoms with Crippen molar-refractivity contribution in [1.82, 2.24) is 4.68 Å². The van der Waals surface area contributed by atoms with E-state index in [1.54, 1.807) is 6.07 Å². The highest BCUT2D eigenvalue weighted by Crippen LogP contribution is 2.38. The molecule has 0 aliphatic carbocycles. The van der Waals surface area contributed by atoms with E-state index in [1.807, 2.05) is 84.1 Å². The van der Waals surface area contributed by atoms with Crippen LogP contribution in [-0.2, 0) is 26.9 Å². The highest BCUT2D eigenvalue weighted by Gasteiger charge is 2.32. The molecule has 0 radical (unpaired) electrons. The molecule has 158 valence electrons. The Bertz CT molecular complexity index is 1120. The van der Waals surface area contributed by atoms with Crippen LogP contribution in [0.3, 0.4) is 0 Å². The summed E-state index contributed by atoms with van der Waals surface area (Å²) < 4.78 is 49.5. The van der Waals surface area contributed by atoms with Gasteiger partial charge in [0.1, 0.15) is 6.61 Å². The number of hydrogen-bond acceptors (Lipinski definition) is 1. The molecule has 6 heteroatoms. The van der Waals surface area contributed by atoms with Gasteiger partial charge in [0.2, 0.25) is 5.75 Å². The van der Waals surface area contributed by atoms with Crippen molar-refractivity contribution in [1.29, 1.82) is 0 Å². The summed E-state index contributed by atoms with van der Waals surface area (Å²) in [6.45, 7) is 0.0214. The van der Waals surface area contributed by atoms with Crippen LogP contribution in [0.2, 0.25) is 0 Å². The maximum atomic E-state index is 13.1. The number of rotatable bonds is 5. The first-order chi connectivity index (χ1) is 14.9. The van der Waals surface area contributed by atoms with Crippen LogP contribution in [0.25, 0.3) is 22.5 Å². The van der Waals surface area contributed by atoms with E-state index < -0.39 is 11.7 Å². The second kappa shape index (κ2) is 8.30. The summed E-state index contributed by atoms with van der Waals surface area (Å²) >= 11 is 0. The fourth-order valence-electron chi connectivity index (χ4n) is 3.66. The van der Waals surface area contributed by atoms with Gasteiger partial charge >= 0.3 is 6.18 Å². The van der Waals surface area contributed by atoms with Crippen molar-refractivity contribution < 1.29 is 22.6 Å². The fraction of sp³-hybridized carbons (Fsp3) is 0.160. The Morgan fingerprint density at radius 2 is 1.45 bits per heavy atom. The molecule has 0 atom stereocenters. The van der Waals surface area contributed by atoms with E-state index in [1.165, 1.54) is 6.07 Å².